The predicted molar refractivity (Wildman–Crippen MR) is 103 cm³/mol. The molecular formula is C19H16Cl2N2O3. The number of carbonyl (C=O) groups is 2. The fourth-order valence-corrected chi connectivity index (χ4v) is 3.19. The molecule has 3 rings (SSSR count). The summed E-state index contributed by atoms with van der Waals surface area (Å²) >= 11 is 12.1. The largest absolute Gasteiger partial charge is 0.495 e. The van der Waals surface area contributed by atoms with Crippen LogP contribution in [0.15, 0.2) is 47.1 Å². The Balaban J connectivity index is 1.98. The number of nitrogens with one attached hydrogen (secondary N) is 1. The molecule has 0 bridgehead atoms. The number of nitrogens with zero attached hydrogens (tertiary/aromatic N) is 1. The Hall–Kier alpha value is -2.50. The summed E-state index contributed by atoms with van der Waals surface area (Å²) in [6.07, 6.45) is 0. The summed E-state index contributed by atoms with van der Waals surface area (Å²) in [5.41, 5.74) is 2.66. The van der Waals surface area contributed by atoms with E-state index in [9.17, 15) is 9.59 Å². The molecular weight excluding hydrogens is 375 g/mol. The van der Waals surface area contributed by atoms with Gasteiger partial charge < -0.3 is 10.1 Å². The molecule has 134 valence electrons. The monoisotopic (exact) mass is 390 g/mol. The summed E-state index contributed by atoms with van der Waals surface area (Å²) in [5, 5.41) is 3.29. The second-order valence-electron chi connectivity index (χ2n) is 5.89. The van der Waals surface area contributed by atoms with Crippen molar-refractivity contribution < 1.29 is 14.3 Å². The molecule has 0 fully saturated rings. The third-order valence-corrected chi connectivity index (χ3v) is 4.63. The number of hydrogen-bond donors (Lipinski definition) is 1. The van der Waals surface area contributed by atoms with Crippen molar-refractivity contribution in [3.05, 3.63) is 63.3 Å². The fourth-order valence-electron chi connectivity index (χ4n) is 2.75. The Bertz CT molecular complexity index is 954. The highest BCUT2D eigenvalue weighted by Gasteiger charge is 2.39. The second-order valence-corrected chi connectivity index (χ2v) is 6.71. The number of rotatable bonds is 4. The van der Waals surface area contributed by atoms with Gasteiger partial charge in [0.2, 0.25) is 0 Å². The number of aryl methyl sites for hydroxylation is 2. The van der Waals surface area contributed by atoms with Gasteiger partial charge in [-0.15, -0.1) is 0 Å². The van der Waals surface area contributed by atoms with Crippen LogP contribution in [0.2, 0.25) is 5.02 Å². The van der Waals surface area contributed by atoms with Crippen molar-refractivity contribution in [1.29, 1.82) is 0 Å². The minimum atomic E-state index is -0.587. The van der Waals surface area contributed by atoms with Gasteiger partial charge in [-0.1, -0.05) is 29.3 Å². The first kappa shape index (κ1) is 18.3. The Labute approximate surface area is 161 Å². The van der Waals surface area contributed by atoms with Crippen LogP contribution in [0.25, 0.3) is 0 Å². The third-order valence-electron chi connectivity index (χ3n) is 4.04. The van der Waals surface area contributed by atoms with Crippen molar-refractivity contribution in [3.8, 4) is 5.75 Å². The highest BCUT2D eigenvalue weighted by molar-refractivity contribution is 6.53. The molecule has 0 radical (unpaired) electrons. The zero-order valence-electron chi connectivity index (χ0n) is 14.4. The summed E-state index contributed by atoms with van der Waals surface area (Å²) in [5.74, 6) is -0.584. The number of methoxy groups -OCH3 is 1. The number of benzene rings is 2. The highest BCUT2D eigenvalue weighted by atomic mass is 35.5. The number of hydrogen-bond acceptors (Lipinski definition) is 4. The van der Waals surface area contributed by atoms with E-state index in [0.29, 0.717) is 27.7 Å². The van der Waals surface area contributed by atoms with E-state index in [0.717, 1.165) is 10.5 Å². The Kier molecular flexibility index (Phi) is 4.94. The van der Waals surface area contributed by atoms with Crippen LogP contribution in [0.4, 0.5) is 11.4 Å². The van der Waals surface area contributed by atoms with Gasteiger partial charge in [0, 0.05) is 5.02 Å². The van der Waals surface area contributed by atoms with Crippen molar-refractivity contribution in [3.63, 3.8) is 0 Å². The third kappa shape index (κ3) is 3.16. The maximum Gasteiger partial charge on any atom is 0.283 e. The summed E-state index contributed by atoms with van der Waals surface area (Å²) in [6.45, 7) is 3.68. The molecule has 26 heavy (non-hydrogen) atoms. The Morgan fingerprint density at radius 2 is 1.73 bits per heavy atom. The lowest BCUT2D eigenvalue weighted by atomic mass is 10.2. The molecule has 1 heterocycles. The standard InChI is InChI=1S/C19H16Cl2N2O3/c1-10-4-7-15(26-3)13(8-10)22-17-16(21)18(24)23(19(17)25)14-6-5-12(20)9-11(14)2/h4-9,22H,1-3H3. The van der Waals surface area contributed by atoms with Gasteiger partial charge in [-0.3, -0.25) is 9.59 Å². The summed E-state index contributed by atoms with van der Waals surface area (Å²) in [4.78, 5) is 26.5. The fraction of sp³-hybridized carbons (Fsp3) is 0.158. The van der Waals surface area contributed by atoms with Crippen LogP contribution >= 0.6 is 23.2 Å². The summed E-state index contributed by atoms with van der Waals surface area (Å²) < 4.78 is 5.30. The number of anilines is 2. The minimum Gasteiger partial charge on any atom is -0.495 e. The van der Waals surface area contributed by atoms with Gasteiger partial charge in [-0.2, -0.15) is 0 Å². The first-order valence-electron chi connectivity index (χ1n) is 7.80. The average Bonchev–Trinajstić information content (AvgIpc) is 2.79. The van der Waals surface area contributed by atoms with E-state index in [4.69, 9.17) is 27.9 Å². The second kappa shape index (κ2) is 7.02. The number of halogens is 2. The molecule has 0 unspecified atom stereocenters. The SMILES string of the molecule is COc1ccc(C)cc1NC1=C(Cl)C(=O)N(c2ccc(Cl)cc2C)C1=O. The van der Waals surface area contributed by atoms with Crippen LogP contribution in [-0.4, -0.2) is 18.9 Å². The molecule has 1 aliphatic heterocycles. The van der Waals surface area contributed by atoms with E-state index in [2.05, 4.69) is 5.32 Å². The van der Waals surface area contributed by atoms with Crippen LogP contribution < -0.4 is 15.0 Å². The van der Waals surface area contributed by atoms with Gasteiger partial charge in [0.15, 0.2) is 0 Å². The van der Waals surface area contributed by atoms with Gasteiger partial charge in [-0.05, 0) is 55.3 Å². The number of imide groups is 1. The molecule has 2 aromatic rings. The normalized spacial score (nSPS) is 14.3. The number of carbonyl (C=O) groups excluding carboxylic acids is 2. The van der Waals surface area contributed by atoms with Gasteiger partial charge in [-0.25, -0.2) is 4.90 Å². The van der Waals surface area contributed by atoms with Crippen molar-refractivity contribution in [2.45, 2.75) is 13.8 Å². The Morgan fingerprint density at radius 3 is 2.38 bits per heavy atom. The van der Waals surface area contributed by atoms with E-state index in [1.54, 1.807) is 31.2 Å². The van der Waals surface area contributed by atoms with Gasteiger partial charge in [0.05, 0.1) is 18.5 Å². The molecule has 2 amide bonds. The van der Waals surface area contributed by atoms with Crippen LogP contribution in [0.1, 0.15) is 11.1 Å². The first-order valence-corrected chi connectivity index (χ1v) is 8.55. The maximum absolute atomic E-state index is 12.9. The lowest BCUT2D eigenvalue weighted by molar-refractivity contribution is -0.120. The molecule has 7 heteroatoms. The van der Waals surface area contributed by atoms with E-state index in [-0.39, 0.29) is 10.7 Å². The van der Waals surface area contributed by atoms with E-state index >= 15 is 0 Å². The van der Waals surface area contributed by atoms with Crippen LogP contribution in [-0.2, 0) is 9.59 Å². The number of ether oxygens (including phenoxy) is 1. The molecule has 0 aromatic heterocycles. The van der Waals surface area contributed by atoms with Crippen LogP contribution in [0, 0.1) is 13.8 Å². The van der Waals surface area contributed by atoms with Crippen molar-refractivity contribution >= 4 is 46.4 Å². The van der Waals surface area contributed by atoms with Crippen LogP contribution in [0.5, 0.6) is 5.75 Å². The van der Waals surface area contributed by atoms with E-state index in [1.807, 2.05) is 19.1 Å². The molecule has 2 aromatic carbocycles. The predicted octanol–water partition coefficient (Wildman–Crippen LogP) is 4.40. The lowest BCUT2D eigenvalue weighted by Crippen LogP contribution is -2.32. The molecule has 1 aliphatic rings. The quantitative estimate of drug-likeness (QED) is 0.785. The molecule has 0 saturated carbocycles. The topological polar surface area (TPSA) is 58.6 Å². The maximum atomic E-state index is 12.9. The molecule has 0 atom stereocenters. The summed E-state index contributed by atoms with van der Waals surface area (Å²) in [7, 11) is 1.52. The minimum absolute atomic E-state index is 0.00918. The first-order chi connectivity index (χ1) is 12.3. The molecule has 0 spiro atoms. The molecule has 0 saturated heterocycles. The lowest BCUT2D eigenvalue weighted by Gasteiger charge is -2.18. The summed E-state index contributed by atoms with van der Waals surface area (Å²) in [6, 6.07) is 10.4. The van der Waals surface area contributed by atoms with Crippen molar-refractivity contribution in [2.24, 2.45) is 0 Å². The zero-order valence-corrected chi connectivity index (χ0v) is 15.9. The van der Waals surface area contributed by atoms with Crippen molar-refractivity contribution in [2.75, 3.05) is 17.3 Å². The Morgan fingerprint density at radius 1 is 1.00 bits per heavy atom. The molecule has 1 N–H and O–H groups in total. The number of amides is 2. The molecule has 0 aliphatic carbocycles. The van der Waals surface area contributed by atoms with Gasteiger partial charge >= 0.3 is 0 Å². The smallest absolute Gasteiger partial charge is 0.283 e. The van der Waals surface area contributed by atoms with Crippen LogP contribution in [0.3, 0.4) is 0 Å². The molecule has 5 nitrogen and oxygen atoms in total. The van der Waals surface area contributed by atoms with Gasteiger partial charge in [0.25, 0.3) is 11.8 Å². The zero-order chi connectivity index (χ0) is 19.0. The average molecular weight is 391 g/mol. The van der Waals surface area contributed by atoms with Crippen molar-refractivity contribution in [1.82, 2.24) is 0 Å². The van der Waals surface area contributed by atoms with Gasteiger partial charge in [0.1, 0.15) is 16.5 Å². The van der Waals surface area contributed by atoms with E-state index < -0.39 is 11.8 Å². The van der Waals surface area contributed by atoms with E-state index in [1.165, 1.54) is 7.11 Å². The highest BCUT2D eigenvalue weighted by Crippen LogP contribution is 2.35.